The first-order valence-corrected chi connectivity index (χ1v) is 9.58. The summed E-state index contributed by atoms with van der Waals surface area (Å²) in [6.45, 7) is 2.00. The van der Waals surface area contributed by atoms with Crippen LogP contribution in [-0.2, 0) is 19.1 Å². The quantitative estimate of drug-likeness (QED) is 0.699. The van der Waals surface area contributed by atoms with Crippen molar-refractivity contribution in [1.82, 2.24) is 10.2 Å². The number of amides is 2. The Morgan fingerprint density at radius 2 is 1.83 bits per heavy atom. The van der Waals surface area contributed by atoms with Gasteiger partial charge in [0.15, 0.2) is 0 Å². The Kier molecular flexibility index (Phi) is 6.97. The molecule has 2 aromatic carbocycles. The van der Waals surface area contributed by atoms with Gasteiger partial charge in [0.25, 0.3) is 0 Å². The van der Waals surface area contributed by atoms with Crippen LogP contribution in [0.5, 0.6) is 0 Å². The number of ether oxygens (including phenoxy) is 1. The number of morpholine rings is 1. The molecule has 1 atom stereocenters. The Morgan fingerprint density at radius 3 is 2.55 bits per heavy atom. The zero-order chi connectivity index (χ0) is 20.6. The van der Waals surface area contributed by atoms with E-state index in [1.807, 2.05) is 42.5 Å². The van der Waals surface area contributed by atoms with Crippen molar-refractivity contribution in [3.05, 3.63) is 54.1 Å². The Labute approximate surface area is 168 Å². The summed E-state index contributed by atoms with van der Waals surface area (Å²) in [6.07, 6.45) is 3.05. The molecule has 0 aromatic heterocycles. The van der Waals surface area contributed by atoms with Crippen LogP contribution in [0.2, 0.25) is 0 Å². The first-order chi connectivity index (χ1) is 14.0. The highest BCUT2D eigenvalue weighted by atomic mass is 16.5. The normalized spacial score (nSPS) is 15.4. The highest BCUT2D eigenvalue weighted by molar-refractivity contribution is 5.95. The third-order valence-electron chi connectivity index (χ3n) is 4.83. The number of fused-ring (bicyclic) bond motifs is 1. The molecule has 1 aliphatic rings. The summed E-state index contributed by atoms with van der Waals surface area (Å²) in [7, 11) is 0. The van der Waals surface area contributed by atoms with Gasteiger partial charge in [-0.2, -0.15) is 0 Å². The predicted molar refractivity (Wildman–Crippen MR) is 109 cm³/mol. The average Bonchev–Trinajstić information content (AvgIpc) is 2.75. The van der Waals surface area contributed by atoms with Crippen molar-refractivity contribution in [2.24, 2.45) is 0 Å². The van der Waals surface area contributed by atoms with Gasteiger partial charge in [0, 0.05) is 25.6 Å². The van der Waals surface area contributed by atoms with Gasteiger partial charge in [0.05, 0.1) is 13.2 Å². The molecule has 2 aromatic rings. The third-order valence-corrected chi connectivity index (χ3v) is 4.83. The lowest BCUT2D eigenvalue weighted by atomic mass is 10.1. The molecule has 0 bridgehead atoms. The number of hydrogen-bond acceptors (Lipinski definition) is 4. The first-order valence-electron chi connectivity index (χ1n) is 9.58. The fourth-order valence-corrected chi connectivity index (χ4v) is 3.20. The molecular formula is C22H24N2O5. The summed E-state index contributed by atoms with van der Waals surface area (Å²) in [6, 6.07) is 12.6. The van der Waals surface area contributed by atoms with Gasteiger partial charge in [-0.05, 0) is 34.9 Å². The van der Waals surface area contributed by atoms with Crippen molar-refractivity contribution in [1.29, 1.82) is 0 Å². The van der Waals surface area contributed by atoms with Gasteiger partial charge in [0.2, 0.25) is 11.8 Å². The highest BCUT2D eigenvalue weighted by Gasteiger charge is 2.23. The molecule has 2 amide bonds. The van der Waals surface area contributed by atoms with E-state index in [4.69, 9.17) is 4.74 Å². The third kappa shape index (κ3) is 5.89. The van der Waals surface area contributed by atoms with E-state index >= 15 is 0 Å². The second-order valence-corrected chi connectivity index (χ2v) is 6.87. The molecule has 1 aliphatic heterocycles. The van der Waals surface area contributed by atoms with Crippen LogP contribution >= 0.6 is 0 Å². The summed E-state index contributed by atoms with van der Waals surface area (Å²) < 4.78 is 5.20. The van der Waals surface area contributed by atoms with E-state index in [2.05, 4.69) is 5.32 Å². The summed E-state index contributed by atoms with van der Waals surface area (Å²) in [4.78, 5) is 37.5. The van der Waals surface area contributed by atoms with E-state index in [0.717, 1.165) is 16.3 Å². The Balaban J connectivity index is 1.54. The zero-order valence-electron chi connectivity index (χ0n) is 16.0. The molecule has 2 N–H and O–H groups in total. The van der Waals surface area contributed by atoms with Gasteiger partial charge < -0.3 is 20.1 Å². The van der Waals surface area contributed by atoms with Crippen molar-refractivity contribution in [3.8, 4) is 0 Å². The van der Waals surface area contributed by atoms with Crippen LogP contribution in [0.4, 0.5) is 0 Å². The van der Waals surface area contributed by atoms with Crippen LogP contribution in [0.3, 0.4) is 0 Å². The zero-order valence-corrected chi connectivity index (χ0v) is 16.0. The molecule has 1 heterocycles. The van der Waals surface area contributed by atoms with E-state index in [0.29, 0.717) is 26.3 Å². The van der Waals surface area contributed by atoms with E-state index in [-0.39, 0.29) is 18.7 Å². The molecule has 7 heteroatoms. The van der Waals surface area contributed by atoms with Crippen molar-refractivity contribution in [3.63, 3.8) is 0 Å². The van der Waals surface area contributed by atoms with Crippen LogP contribution in [-0.4, -0.2) is 60.1 Å². The minimum atomic E-state index is -1.16. The van der Waals surface area contributed by atoms with E-state index < -0.39 is 17.9 Å². The van der Waals surface area contributed by atoms with Gasteiger partial charge in [-0.3, -0.25) is 9.59 Å². The lowest BCUT2D eigenvalue weighted by Crippen LogP contribution is -2.43. The fourth-order valence-electron chi connectivity index (χ4n) is 3.20. The number of carboxylic acid groups (broad SMARTS) is 1. The van der Waals surface area contributed by atoms with Crippen molar-refractivity contribution in [2.45, 2.75) is 18.9 Å². The van der Waals surface area contributed by atoms with Gasteiger partial charge in [-0.25, -0.2) is 4.79 Å². The fraction of sp³-hybridized carbons (Fsp3) is 0.318. The van der Waals surface area contributed by atoms with Gasteiger partial charge >= 0.3 is 5.97 Å². The maximum Gasteiger partial charge on any atom is 0.326 e. The highest BCUT2D eigenvalue weighted by Crippen LogP contribution is 2.16. The predicted octanol–water partition coefficient (Wildman–Crippen LogP) is 2.06. The molecule has 29 heavy (non-hydrogen) atoms. The van der Waals surface area contributed by atoms with Gasteiger partial charge in [0.1, 0.15) is 6.04 Å². The largest absolute Gasteiger partial charge is 0.480 e. The Hall–Kier alpha value is -3.19. The smallest absolute Gasteiger partial charge is 0.326 e. The standard InChI is InChI=1S/C22H24N2O5/c25-20(9-6-16-5-7-17-3-1-2-4-18(17)15-16)23-19(22(27)28)8-10-21(26)24-11-13-29-14-12-24/h1-7,9,15,19H,8,10-14H2,(H,23,25)(H,27,28)/b9-6+/t19-/m1/s1. The number of carbonyl (C=O) groups excluding carboxylic acids is 2. The van der Waals surface area contributed by atoms with E-state index in [1.54, 1.807) is 11.0 Å². The van der Waals surface area contributed by atoms with Crippen molar-refractivity contribution >= 4 is 34.6 Å². The van der Waals surface area contributed by atoms with Crippen LogP contribution in [0.15, 0.2) is 48.5 Å². The molecule has 1 saturated heterocycles. The Bertz CT molecular complexity index is 918. The summed E-state index contributed by atoms with van der Waals surface area (Å²) in [5.41, 5.74) is 0.841. The number of nitrogens with one attached hydrogen (secondary N) is 1. The topological polar surface area (TPSA) is 95.9 Å². The minimum Gasteiger partial charge on any atom is -0.480 e. The second-order valence-electron chi connectivity index (χ2n) is 6.87. The van der Waals surface area contributed by atoms with Crippen LogP contribution < -0.4 is 5.32 Å². The van der Waals surface area contributed by atoms with Crippen LogP contribution in [0.1, 0.15) is 18.4 Å². The lowest BCUT2D eigenvalue weighted by Gasteiger charge is -2.27. The van der Waals surface area contributed by atoms with Gasteiger partial charge in [-0.15, -0.1) is 0 Å². The van der Waals surface area contributed by atoms with Crippen molar-refractivity contribution in [2.75, 3.05) is 26.3 Å². The molecule has 0 spiro atoms. The number of carboxylic acids is 1. The van der Waals surface area contributed by atoms with Crippen LogP contribution in [0.25, 0.3) is 16.8 Å². The lowest BCUT2D eigenvalue weighted by molar-refractivity contribution is -0.142. The monoisotopic (exact) mass is 396 g/mol. The van der Waals surface area contributed by atoms with Gasteiger partial charge in [-0.1, -0.05) is 36.4 Å². The number of nitrogens with zero attached hydrogens (tertiary/aromatic N) is 1. The number of aliphatic carboxylic acids is 1. The number of benzene rings is 2. The number of rotatable bonds is 7. The first kappa shape index (κ1) is 20.5. The maximum atomic E-state index is 12.2. The summed E-state index contributed by atoms with van der Waals surface area (Å²) in [5, 5.41) is 14.0. The van der Waals surface area contributed by atoms with Crippen molar-refractivity contribution < 1.29 is 24.2 Å². The molecule has 7 nitrogen and oxygen atoms in total. The Morgan fingerprint density at radius 1 is 1.10 bits per heavy atom. The average molecular weight is 396 g/mol. The molecular weight excluding hydrogens is 372 g/mol. The summed E-state index contributed by atoms with van der Waals surface area (Å²) in [5.74, 6) is -1.79. The number of hydrogen-bond donors (Lipinski definition) is 2. The molecule has 1 fully saturated rings. The second kappa shape index (κ2) is 9.84. The number of carbonyl (C=O) groups is 3. The molecule has 0 radical (unpaired) electrons. The van der Waals surface area contributed by atoms with E-state index in [9.17, 15) is 19.5 Å². The maximum absolute atomic E-state index is 12.2. The molecule has 152 valence electrons. The molecule has 3 rings (SSSR count). The van der Waals surface area contributed by atoms with E-state index in [1.165, 1.54) is 6.08 Å². The van der Waals surface area contributed by atoms with Crippen LogP contribution in [0, 0.1) is 0 Å². The minimum absolute atomic E-state index is 0.0427. The SMILES string of the molecule is O=C(/C=C/c1ccc2ccccc2c1)N[C@H](CCC(=O)N1CCOCC1)C(=O)O. The molecule has 0 unspecified atom stereocenters. The summed E-state index contributed by atoms with van der Waals surface area (Å²) >= 11 is 0. The molecule has 0 saturated carbocycles. The molecule has 0 aliphatic carbocycles.